The first-order valence-electron chi connectivity index (χ1n) is 6.99. The van der Waals surface area contributed by atoms with Crippen molar-refractivity contribution >= 4 is 37.2 Å². The molecule has 8 nitrogen and oxygen atoms in total. The van der Waals surface area contributed by atoms with Crippen LogP contribution in [0.2, 0.25) is 0 Å². The number of imidazole rings is 1. The Morgan fingerprint density at radius 2 is 1.92 bits per heavy atom. The van der Waals surface area contributed by atoms with Crippen LogP contribution in [-0.2, 0) is 15.6 Å². The molecule has 0 aliphatic carbocycles. The van der Waals surface area contributed by atoms with Crippen LogP contribution in [0.1, 0.15) is 5.69 Å². The molecule has 3 rings (SSSR count). The van der Waals surface area contributed by atoms with E-state index in [0.717, 1.165) is 0 Å². The first-order valence-corrected chi connectivity index (χ1v) is 9.44. The summed E-state index contributed by atoms with van der Waals surface area (Å²) in [7, 11) is -2.33. The lowest BCUT2D eigenvalue weighted by Gasteiger charge is -2.04. The maximum atomic E-state index is 12.6. The third-order valence-corrected chi connectivity index (χ3v) is 5.66. The Morgan fingerprint density at radius 1 is 1.24 bits per heavy atom. The van der Waals surface area contributed by atoms with E-state index < -0.39 is 20.5 Å². The molecule has 0 aliphatic rings. The van der Waals surface area contributed by atoms with Gasteiger partial charge in [0, 0.05) is 6.07 Å². The van der Waals surface area contributed by atoms with Crippen molar-refractivity contribution in [3.05, 3.63) is 62.9 Å². The quantitative estimate of drug-likeness (QED) is 0.459. The molecule has 0 saturated carbocycles. The lowest BCUT2D eigenvalue weighted by atomic mass is 10.3. The zero-order chi connectivity index (χ0) is 18.2. The highest BCUT2D eigenvalue weighted by atomic mass is 79.9. The molecule has 3 aromatic rings. The summed E-state index contributed by atoms with van der Waals surface area (Å²) in [5.74, 6) is -0.425. The summed E-state index contributed by atoms with van der Waals surface area (Å²) in [6.45, 7) is 0. The van der Waals surface area contributed by atoms with Crippen molar-refractivity contribution in [3.8, 4) is 5.75 Å². The molecule has 2 aromatic heterocycles. The van der Waals surface area contributed by atoms with Crippen molar-refractivity contribution in [1.29, 1.82) is 0 Å². The molecular weight excluding hydrogens is 414 g/mol. The number of ether oxygens (including phenoxy) is 1. The van der Waals surface area contributed by atoms with Crippen LogP contribution in [0.4, 0.5) is 5.82 Å². The summed E-state index contributed by atoms with van der Waals surface area (Å²) in [4.78, 5) is 15.0. The molecule has 0 atom stereocenters. The van der Waals surface area contributed by atoms with Crippen molar-refractivity contribution in [3.63, 3.8) is 0 Å². The molecule has 25 heavy (non-hydrogen) atoms. The number of hydrogen-bond donors (Lipinski definition) is 0. The highest BCUT2D eigenvalue weighted by molar-refractivity contribution is 9.10. The van der Waals surface area contributed by atoms with E-state index in [2.05, 4.69) is 20.9 Å². The van der Waals surface area contributed by atoms with Gasteiger partial charge in [0.15, 0.2) is 15.5 Å². The van der Waals surface area contributed by atoms with E-state index in [-0.39, 0.29) is 16.4 Å². The molecule has 0 radical (unpaired) electrons. The van der Waals surface area contributed by atoms with Crippen molar-refractivity contribution < 1.29 is 18.1 Å². The van der Waals surface area contributed by atoms with Gasteiger partial charge in [0.25, 0.3) is 0 Å². The number of halogens is 1. The Kier molecular flexibility index (Phi) is 4.48. The largest absolute Gasteiger partial charge is 0.497 e. The number of sulfone groups is 1. The zero-order valence-electron chi connectivity index (χ0n) is 12.9. The van der Waals surface area contributed by atoms with Gasteiger partial charge in [0.05, 0.1) is 16.5 Å². The van der Waals surface area contributed by atoms with E-state index in [0.29, 0.717) is 15.9 Å². The molecule has 0 unspecified atom stereocenters. The summed E-state index contributed by atoms with van der Waals surface area (Å²) in [5, 5.41) is 11.4. The molecule has 130 valence electrons. The summed E-state index contributed by atoms with van der Waals surface area (Å²) in [6.07, 6.45) is 1.48. The van der Waals surface area contributed by atoms with Gasteiger partial charge in [-0.3, -0.25) is 0 Å². The minimum atomic E-state index is -3.80. The van der Waals surface area contributed by atoms with Crippen molar-refractivity contribution in [2.75, 3.05) is 7.11 Å². The number of pyridine rings is 1. The number of benzene rings is 1. The Morgan fingerprint density at radius 3 is 2.52 bits per heavy atom. The fourth-order valence-electron chi connectivity index (χ4n) is 2.39. The smallest absolute Gasteiger partial charge is 0.352 e. The number of aromatic nitrogens is 2. The second-order valence-corrected chi connectivity index (χ2v) is 8.05. The van der Waals surface area contributed by atoms with Crippen molar-refractivity contribution in [2.24, 2.45) is 0 Å². The first-order chi connectivity index (χ1) is 11.8. The van der Waals surface area contributed by atoms with E-state index in [9.17, 15) is 18.5 Å². The Hall–Kier alpha value is -2.46. The summed E-state index contributed by atoms with van der Waals surface area (Å²) >= 11 is 3.24. The summed E-state index contributed by atoms with van der Waals surface area (Å²) in [5.41, 5.74) is 0.189. The Balaban J connectivity index is 2.07. The number of nitro groups is 1. The summed E-state index contributed by atoms with van der Waals surface area (Å²) < 4.78 is 32.1. The SMILES string of the molecule is COc1ccc(S(=O)(=O)Cc2nc3ccc(Br)cn3c2[N+](=O)[O-])cc1. The lowest BCUT2D eigenvalue weighted by molar-refractivity contribution is -0.391. The average Bonchev–Trinajstić information content (AvgIpc) is 2.91. The molecular formula is C15H12BrN3O5S. The van der Waals surface area contributed by atoms with E-state index in [1.807, 2.05) is 0 Å². The predicted octanol–water partition coefficient (Wildman–Crippen LogP) is 2.99. The van der Waals surface area contributed by atoms with Gasteiger partial charge in [-0.1, -0.05) is 0 Å². The third kappa shape index (κ3) is 3.35. The molecule has 0 aliphatic heterocycles. The molecule has 0 amide bonds. The Bertz CT molecular complexity index is 1060. The maximum absolute atomic E-state index is 12.6. The van der Waals surface area contributed by atoms with E-state index >= 15 is 0 Å². The fourth-order valence-corrected chi connectivity index (χ4v) is 4.00. The second-order valence-electron chi connectivity index (χ2n) is 5.15. The van der Waals surface area contributed by atoms with Gasteiger partial charge < -0.3 is 14.9 Å². The van der Waals surface area contributed by atoms with Crippen LogP contribution in [0.25, 0.3) is 5.65 Å². The highest BCUT2D eigenvalue weighted by Crippen LogP contribution is 2.27. The van der Waals surface area contributed by atoms with Crippen molar-refractivity contribution in [2.45, 2.75) is 10.6 Å². The lowest BCUT2D eigenvalue weighted by Crippen LogP contribution is -2.07. The molecule has 0 N–H and O–H groups in total. The Labute approximate surface area is 151 Å². The molecule has 0 fully saturated rings. The van der Waals surface area contributed by atoms with Gasteiger partial charge in [-0.25, -0.2) is 13.4 Å². The molecule has 10 heteroatoms. The molecule has 0 bridgehead atoms. The normalized spacial score (nSPS) is 11.6. The van der Waals surface area contributed by atoms with Crippen LogP contribution in [-0.4, -0.2) is 29.8 Å². The number of methoxy groups -OCH3 is 1. The summed E-state index contributed by atoms with van der Waals surface area (Å²) in [6, 6.07) is 9.07. The van der Waals surface area contributed by atoms with E-state index in [1.165, 1.54) is 42.0 Å². The fraction of sp³-hybridized carbons (Fsp3) is 0.133. The van der Waals surface area contributed by atoms with Crippen LogP contribution in [0.3, 0.4) is 0 Å². The molecule has 0 spiro atoms. The second kappa shape index (κ2) is 6.45. The molecule has 2 heterocycles. The predicted molar refractivity (Wildman–Crippen MR) is 93.4 cm³/mol. The van der Waals surface area contributed by atoms with Crippen molar-refractivity contribution in [1.82, 2.24) is 9.38 Å². The zero-order valence-corrected chi connectivity index (χ0v) is 15.3. The monoisotopic (exact) mass is 425 g/mol. The van der Waals surface area contributed by atoms with Crippen LogP contribution in [0.15, 0.2) is 52.0 Å². The number of rotatable bonds is 5. The first kappa shape index (κ1) is 17.4. The number of fused-ring (bicyclic) bond motifs is 1. The van der Waals surface area contributed by atoms with Crippen LogP contribution in [0, 0.1) is 10.1 Å². The number of hydrogen-bond acceptors (Lipinski definition) is 6. The minimum absolute atomic E-state index is 0.0424. The van der Waals surface area contributed by atoms with Gasteiger partial charge in [0.1, 0.15) is 17.7 Å². The maximum Gasteiger partial charge on any atom is 0.352 e. The molecule has 0 saturated heterocycles. The average molecular weight is 426 g/mol. The number of nitrogens with zero attached hydrogens (tertiary/aromatic N) is 3. The van der Waals surface area contributed by atoms with E-state index in [4.69, 9.17) is 4.74 Å². The molecule has 1 aromatic carbocycles. The standard InChI is InChI=1S/C15H12BrN3O5S/c1-24-11-3-5-12(6-4-11)25(22,23)9-13-15(19(20)21)18-8-10(16)2-7-14(18)17-13/h2-8H,9H2,1H3. The van der Waals surface area contributed by atoms with E-state index in [1.54, 1.807) is 12.1 Å². The van der Waals surface area contributed by atoms with Gasteiger partial charge >= 0.3 is 5.82 Å². The van der Waals surface area contributed by atoms with Gasteiger partial charge in [-0.2, -0.15) is 4.40 Å². The van der Waals surface area contributed by atoms with Crippen LogP contribution in [0.5, 0.6) is 5.75 Å². The van der Waals surface area contributed by atoms with Crippen LogP contribution >= 0.6 is 15.9 Å². The highest BCUT2D eigenvalue weighted by Gasteiger charge is 2.28. The third-order valence-electron chi connectivity index (χ3n) is 3.54. The van der Waals surface area contributed by atoms with Gasteiger partial charge in [-0.05, 0) is 51.2 Å². The topological polar surface area (TPSA) is 104 Å². The minimum Gasteiger partial charge on any atom is -0.497 e. The van der Waals surface area contributed by atoms with Gasteiger partial charge in [-0.15, -0.1) is 0 Å². The van der Waals surface area contributed by atoms with Crippen LogP contribution < -0.4 is 4.74 Å². The van der Waals surface area contributed by atoms with Gasteiger partial charge in [0.2, 0.25) is 5.65 Å².